The molecule has 1 aromatic heterocycles. The van der Waals surface area contributed by atoms with Crippen LogP contribution in [-0.2, 0) is 0 Å². The van der Waals surface area contributed by atoms with E-state index in [4.69, 9.17) is 19.4 Å². The van der Waals surface area contributed by atoms with Gasteiger partial charge in [0.15, 0.2) is 17.3 Å². The van der Waals surface area contributed by atoms with Crippen LogP contribution in [0, 0.1) is 5.82 Å². The molecule has 4 aromatic rings. The largest absolute Gasteiger partial charge is 0.493 e. The smallest absolute Gasteiger partial charge is 0.162 e. The first kappa shape index (κ1) is 21.0. The van der Waals surface area contributed by atoms with Crippen molar-refractivity contribution in [1.29, 1.82) is 0 Å². The summed E-state index contributed by atoms with van der Waals surface area (Å²) in [6, 6.07) is 20.7. The fraction of sp³-hybridized carbons (Fsp3) is 0.231. The second-order valence-corrected chi connectivity index (χ2v) is 7.88. The predicted octanol–water partition coefficient (Wildman–Crippen LogP) is 4.78. The monoisotopic (exact) mass is 444 g/mol. The summed E-state index contributed by atoms with van der Waals surface area (Å²) in [5.41, 5.74) is 2.38. The van der Waals surface area contributed by atoms with Gasteiger partial charge in [-0.25, -0.2) is 14.4 Å². The van der Waals surface area contributed by atoms with Crippen LogP contribution in [0.3, 0.4) is 0 Å². The Hall–Kier alpha value is -3.87. The van der Waals surface area contributed by atoms with Gasteiger partial charge in [0.05, 0.1) is 25.4 Å². The molecule has 5 rings (SSSR count). The summed E-state index contributed by atoms with van der Waals surface area (Å²) in [4.78, 5) is 14.1. The number of rotatable bonds is 5. The average molecular weight is 445 g/mol. The Balaban J connectivity index is 1.49. The van der Waals surface area contributed by atoms with E-state index < -0.39 is 0 Å². The Bertz CT molecular complexity index is 1290. The maximum absolute atomic E-state index is 14.3. The van der Waals surface area contributed by atoms with Gasteiger partial charge in [-0.15, -0.1) is 0 Å². The molecule has 33 heavy (non-hydrogen) atoms. The van der Waals surface area contributed by atoms with E-state index in [1.165, 1.54) is 6.07 Å². The topological polar surface area (TPSA) is 50.7 Å². The third-order valence-electron chi connectivity index (χ3n) is 6.00. The predicted molar refractivity (Wildman–Crippen MR) is 129 cm³/mol. The first-order valence-electron chi connectivity index (χ1n) is 10.9. The van der Waals surface area contributed by atoms with E-state index in [9.17, 15) is 4.39 Å². The molecule has 1 saturated heterocycles. The Morgan fingerprint density at radius 3 is 2.21 bits per heavy atom. The fourth-order valence-corrected chi connectivity index (χ4v) is 4.27. The van der Waals surface area contributed by atoms with Crippen molar-refractivity contribution >= 4 is 22.4 Å². The Labute approximate surface area is 192 Å². The number of anilines is 2. The molecule has 1 aliphatic rings. The summed E-state index contributed by atoms with van der Waals surface area (Å²) in [6.45, 7) is 2.90. The lowest BCUT2D eigenvalue weighted by Crippen LogP contribution is -2.47. The Morgan fingerprint density at radius 2 is 1.45 bits per heavy atom. The number of halogens is 1. The molecule has 0 spiro atoms. The van der Waals surface area contributed by atoms with E-state index in [-0.39, 0.29) is 5.82 Å². The second-order valence-electron chi connectivity index (χ2n) is 7.88. The van der Waals surface area contributed by atoms with Crippen molar-refractivity contribution in [2.75, 3.05) is 50.2 Å². The minimum Gasteiger partial charge on any atom is -0.493 e. The van der Waals surface area contributed by atoms with Gasteiger partial charge in [0.25, 0.3) is 0 Å². The molecule has 0 saturated carbocycles. The van der Waals surface area contributed by atoms with Crippen molar-refractivity contribution in [1.82, 2.24) is 9.97 Å². The molecule has 0 aliphatic carbocycles. The molecule has 3 aromatic carbocycles. The minimum absolute atomic E-state index is 0.186. The fourth-order valence-electron chi connectivity index (χ4n) is 4.27. The van der Waals surface area contributed by atoms with Gasteiger partial charge >= 0.3 is 0 Å². The van der Waals surface area contributed by atoms with Gasteiger partial charge in [-0.3, -0.25) is 0 Å². The van der Waals surface area contributed by atoms with E-state index in [1.54, 1.807) is 20.3 Å². The molecule has 7 heteroatoms. The molecular formula is C26H25FN4O2. The number of fused-ring (bicyclic) bond motifs is 1. The number of methoxy groups -OCH3 is 2. The van der Waals surface area contributed by atoms with E-state index in [0.29, 0.717) is 36.1 Å². The van der Waals surface area contributed by atoms with Crippen molar-refractivity contribution in [3.63, 3.8) is 0 Å². The van der Waals surface area contributed by atoms with Gasteiger partial charge in [-0.05, 0) is 42.5 Å². The maximum atomic E-state index is 14.3. The van der Waals surface area contributed by atoms with E-state index in [2.05, 4.69) is 9.80 Å². The summed E-state index contributed by atoms with van der Waals surface area (Å²) in [6.07, 6.45) is 0. The van der Waals surface area contributed by atoms with Gasteiger partial charge in [-0.1, -0.05) is 24.3 Å². The van der Waals surface area contributed by atoms with Crippen molar-refractivity contribution < 1.29 is 13.9 Å². The summed E-state index contributed by atoms with van der Waals surface area (Å²) < 4.78 is 25.1. The first-order valence-corrected chi connectivity index (χ1v) is 10.9. The third kappa shape index (κ3) is 4.02. The summed E-state index contributed by atoms with van der Waals surface area (Å²) in [5.74, 6) is 2.62. The number of hydrogen-bond acceptors (Lipinski definition) is 6. The molecule has 0 atom stereocenters. The lowest BCUT2D eigenvalue weighted by Gasteiger charge is -2.37. The summed E-state index contributed by atoms with van der Waals surface area (Å²) in [5, 5.41) is 1.00. The van der Waals surface area contributed by atoms with Crippen LogP contribution in [0.1, 0.15) is 0 Å². The van der Waals surface area contributed by atoms with Crippen LogP contribution in [0.25, 0.3) is 22.3 Å². The van der Waals surface area contributed by atoms with Crippen LogP contribution in [0.5, 0.6) is 11.5 Å². The number of hydrogen-bond donors (Lipinski definition) is 0. The highest BCUT2D eigenvalue weighted by Crippen LogP contribution is 2.34. The number of aromatic nitrogens is 2. The minimum atomic E-state index is -0.186. The normalized spacial score (nSPS) is 13.9. The molecule has 6 nitrogen and oxygen atoms in total. The number of nitrogens with zero attached hydrogens (tertiary/aromatic N) is 4. The lowest BCUT2D eigenvalue weighted by atomic mass is 10.1. The highest BCUT2D eigenvalue weighted by molar-refractivity contribution is 5.91. The zero-order valence-electron chi connectivity index (χ0n) is 18.7. The zero-order chi connectivity index (χ0) is 22.8. The molecule has 0 N–H and O–H groups in total. The van der Waals surface area contributed by atoms with Gasteiger partial charge in [0.1, 0.15) is 11.6 Å². The highest BCUT2D eigenvalue weighted by Gasteiger charge is 2.23. The molecule has 0 amide bonds. The van der Waals surface area contributed by atoms with Gasteiger partial charge in [0, 0.05) is 37.1 Å². The standard InChI is InChI=1S/C26H25FN4O2/c1-32-23-12-11-18(17-24(23)33-2)25-28-21-9-5-3-7-19(21)26(29-25)31-15-13-30(14-16-31)22-10-6-4-8-20(22)27/h3-12,17H,13-16H2,1-2H3. The van der Waals surface area contributed by atoms with Crippen LogP contribution in [0.15, 0.2) is 66.7 Å². The average Bonchev–Trinajstić information content (AvgIpc) is 2.88. The molecule has 2 heterocycles. The molecule has 0 radical (unpaired) electrons. The quantitative estimate of drug-likeness (QED) is 0.442. The van der Waals surface area contributed by atoms with Gasteiger partial charge in [-0.2, -0.15) is 0 Å². The molecule has 0 bridgehead atoms. The molecule has 1 fully saturated rings. The molecule has 1 aliphatic heterocycles. The SMILES string of the molecule is COc1ccc(-c2nc(N3CCN(c4ccccc4F)CC3)c3ccccc3n2)cc1OC. The van der Waals surface area contributed by atoms with E-state index in [0.717, 1.165) is 35.4 Å². The van der Waals surface area contributed by atoms with E-state index in [1.807, 2.05) is 54.6 Å². The van der Waals surface area contributed by atoms with Gasteiger partial charge in [0.2, 0.25) is 0 Å². The number of ether oxygens (including phenoxy) is 2. The number of benzene rings is 3. The van der Waals surface area contributed by atoms with Crippen molar-refractivity contribution in [2.45, 2.75) is 0 Å². The highest BCUT2D eigenvalue weighted by atomic mass is 19.1. The van der Waals surface area contributed by atoms with Gasteiger partial charge < -0.3 is 19.3 Å². The maximum Gasteiger partial charge on any atom is 0.162 e. The summed E-state index contributed by atoms with van der Waals surface area (Å²) >= 11 is 0. The van der Waals surface area contributed by atoms with Crippen LogP contribution in [-0.4, -0.2) is 50.4 Å². The Kier molecular flexibility index (Phi) is 5.69. The molecule has 0 unspecified atom stereocenters. The van der Waals surface area contributed by atoms with E-state index >= 15 is 0 Å². The Morgan fingerprint density at radius 1 is 0.758 bits per heavy atom. The summed E-state index contributed by atoms with van der Waals surface area (Å²) in [7, 11) is 3.23. The van der Waals surface area contributed by atoms with Crippen molar-refractivity contribution in [3.8, 4) is 22.9 Å². The van der Waals surface area contributed by atoms with Crippen LogP contribution in [0.4, 0.5) is 15.9 Å². The molecular weight excluding hydrogens is 419 g/mol. The third-order valence-corrected chi connectivity index (χ3v) is 6.00. The van der Waals surface area contributed by atoms with Crippen LogP contribution in [0.2, 0.25) is 0 Å². The van der Waals surface area contributed by atoms with Crippen molar-refractivity contribution in [2.24, 2.45) is 0 Å². The second kappa shape index (κ2) is 8.94. The number of para-hydroxylation sites is 2. The lowest BCUT2D eigenvalue weighted by molar-refractivity contribution is 0.355. The van der Waals surface area contributed by atoms with Crippen LogP contribution >= 0.6 is 0 Å². The molecule has 168 valence electrons. The van der Waals surface area contributed by atoms with Crippen molar-refractivity contribution in [3.05, 3.63) is 72.5 Å². The number of piperazine rings is 1. The van der Waals surface area contributed by atoms with Crippen LogP contribution < -0.4 is 19.3 Å². The zero-order valence-corrected chi connectivity index (χ0v) is 18.7. The first-order chi connectivity index (χ1) is 16.2.